The molecule has 2 amide bonds. The number of hydrogen-bond acceptors (Lipinski definition) is 3. The summed E-state index contributed by atoms with van der Waals surface area (Å²) in [5, 5.41) is 10.8. The molecule has 1 unspecified atom stereocenters. The van der Waals surface area contributed by atoms with Gasteiger partial charge in [-0.3, -0.25) is 15.6 Å². The van der Waals surface area contributed by atoms with E-state index in [1.165, 1.54) is 5.56 Å². The smallest absolute Gasteiger partial charge is 0.313 e. The molecule has 1 spiro atoms. The SMILES string of the molecule is CN1C(=O)NC(=N)C12CCCN(Cc1ccccc1)C2. The third-order valence-electron chi connectivity index (χ3n) is 4.44. The van der Waals surface area contributed by atoms with E-state index in [9.17, 15) is 4.79 Å². The van der Waals surface area contributed by atoms with E-state index in [0.717, 1.165) is 32.5 Å². The number of likely N-dealkylation sites (N-methyl/N-ethyl adjacent to an activating group) is 1. The summed E-state index contributed by atoms with van der Waals surface area (Å²) in [5.41, 5.74) is 0.820. The highest BCUT2D eigenvalue weighted by molar-refractivity contribution is 6.08. The lowest BCUT2D eigenvalue weighted by Crippen LogP contribution is -2.58. The summed E-state index contributed by atoms with van der Waals surface area (Å²) in [5.74, 6) is 0.350. The van der Waals surface area contributed by atoms with Crippen LogP contribution >= 0.6 is 0 Å². The Morgan fingerprint density at radius 3 is 2.75 bits per heavy atom. The number of carbonyl (C=O) groups is 1. The Hall–Kier alpha value is -1.88. The van der Waals surface area contributed by atoms with Crippen LogP contribution in [0.3, 0.4) is 0 Å². The standard InChI is InChI=1S/C15H20N4O/c1-18-14(20)17-13(16)15(18)8-5-9-19(11-15)10-12-6-3-2-4-7-12/h2-4,6-7H,5,8-11H2,1H3,(H2,16,17,20). The Labute approximate surface area is 119 Å². The average molecular weight is 272 g/mol. The van der Waals surface area contributed by atoms with E-state index in [-0.39, 0.29) is 6.03 Å². The number of rotatable bonds is 2. The highest BCUT2D eigenvalue weighted by Gasteiger charge is 2.50. The first-order valence-electron chi connectivity index (χ1n) is 7.02. The molecule has 1 aromatic rings. The molecule has 0 saturated carbocycles. The Kier molecular flexibility index (Phi) is 3.22. The number of nitrogens with one attached hydrogen (secondary N) is 2. The fourth-order valence-electron chi connectivity index (χ4n) is 3.25. The van der Waals surface area contributed by atoms with Crippen molar-refractivity contribution in [2.75, 3.05) is 20.1 Å². The maximum absolute atomic E-state index is 11.8. The van der Waals surface area contributed by atoms with Crippen LogP contribution < -0.4 is 5.32 Å². The normalized spacial score (nSPS) is 27.1. The van der Waals surface area contributed by atoms with E-state index in [1.54, 1.807) is 11.9 Å². The van der Waals surface area contributed by atoms with Gasteiger partial charge in [0.1, 0.15) is 11.4 Å². The number of amides is 2. The average Bonchev–Trinajstić information content (AvgIpc) is 2.65. The number of urea groups is 1. The van der Waals surface area contributed by atoms with Crippen molar-refractivity contribution in [3.63, 3.8) is 0 Å². The van der Waals surface area contributed by atoms with Crippen LogP contribution in [0.5, 0.6) is 0 Å². The molecule has 20 heavy (non-hydrogen) atoms. The molecule has 5 heteroatoms. The lowest BCUT2D eigenvalue weighted by atomic mass is 9.87. The highest BCUT2D eigenvalue weighted by atomic mass is 16.2. The second-order valence-electron chi connectivity index (χ2n) is 5.70. The van der Waals surface area contributed by atoms with Gasteiger partial charge in [-0.25, -0.2) is 4.79 Å². The first-order chi connectivity index (χ1) is 9.62. The zero-order valence-electron chi connectivity index (χ0n) is 11.7. The second kappa shape index (κ2) is 4.90. The molecule has 2 fully saturated rings. The number of amidine groups is 1. The molecule has 3 rings (SSSR count). The molecular formula is C15H20N4O. The predicted octanol–water partition coefficient (Wildman–Crippen LogP) is 1.65. The van der Waals surface area contributed by atoms with Crippen molar-refractivity contribution in [3.05, 3.63) is 35.9 Å². The fourth-order valence-corrected chi connectivity index (χ4v) is 3.25. The van der Waals surface area contributed by atoms with Crippen molar-refractivity contribution in [1.82, 2.24) is 15.1 Å². The zero-order valence-corrected chi connectivity index (χ0v) is 11.7. The van der Waals surface area contributed by atoms with Crippen molar-refractivity contribution < 1.29 is 4.79 Å². The van der Waals surface area contributed by atoms with Gasteiger partial charge in [-0.15, -0.1) is 0 Å². The summed E-state index contributed by atoms with van der Waals surface area (Å²) in [7, 11) is 1.79. The van der Waals surface area contributed by atoms with Crippen LogP contribution in [0.4, 0.5) is 4.79 Å². The molecule has 0 aromatic heterocycles. The monoisotopic (exact) mass is 272 g/mol. The minimum atomic E-state index is -0.454. The first kappa shape index (κ1) is 13.1. The van der Waals surface area contributed by atoms with Crippen molar-refractivity contribution in [1.29, 1.82) is 5.41 Å². The number of carbonyl (C=O) groups excluding carboxylic acids is 1. The Morgan fingerprint density at radius 1 is 1.35 bits per heavy atom. The zero-order chi connectivity index (χ0) is 14.2. The Bertz CT molecular complexity index is 530. The Balaban J connectivity index is 1.77. The van der Waals surface area contributed by atoms with E-state index in [2.05, 4.69) is 22.3 Å². The molecule has 5 nitrogen and oxygen atoms in total. The van der Waals surface area contributed by atoms with E-state index in [4.69, 9.17) is 5.41 Å². The summed E-state index contributed by atoms with van der Waals surface area (Å²) < 4.78 is 0. The van der Waals surface area contributed by atoms with Crippen LogP contribution in [-0.4, -0.2) is 47.3 Å². The van der Waals surface area contributed by atoms with Crippen molar-refractivity contribution in [2.24, 2.45) is 0 Å². The summed E-state index contributed by atoms with van der Waals surface area (Å²) in [6.45, 7) is 2.62. The molecular weight excluding hydrogens is 252 g/mol. The maximum Gasteiger partial charge on any atom is 0.323 e. The van der Waals surface area contributed by atoms with Crippen LogP contribution in [0, 0.1) is 5.41 Å². The molecule has 2 saturated heterocycles. The molecule has 0 aliphatic carbocycles. The number of hydrogen-bond donors (Lipinski definition) is 2. The van der Waals surface area contributed by atoms with Gasteiger partial charge in [0.05, 0.1) is 0 Å². The lowest BCUT2D eigenvalue weighted by molar-refractivity contribution is 0.102. The molecule has 1 aromatic carbocycles. The van der Waals surface area contributed by atoms with Gasteiger partial charge in [-0.2, -0.15) is 0 Å². The fraction of sp³-hybridized carbons (Fsp3) is 0.467. The second-order valence-corrected chi connectivity index (χ2v) is 5.70. The summed E-state index contributed by atoms with van der Waals surface area (Å²) in [6.07, 6.45) is 1.88. The van der Waals surface area contributed by atoms with Gasteiger partial charge in [0.15, 0.2) is 0 Å². The number of likely N-dealkylation sites (tertiary alicyclic amines) is 1. The predicted molar refractivity (Wildman–Crippen MR) is 77.7 cm³/mol. The van der Waals surface area contributed by atoms with Crippen molar-refractivity contribution >= 4 is 11.9 Å². The van der Waals surface area contributed by atoms with E-state index >= 15 is 0 Å². The maximum atomic E-state index is 11.8. The van der Waals surface area contributed by atoms with Gasteiger partial charge in [0, 0.05) is 20.1 Å². The molecule has 2 heterocycles. The highest BCUT2D eigenvalue weighted by Crippen LogP contribution is 2.31. The van der Waals surface area contributed by atoms with Crippen molar-refractivity contribution in [3.8, 4) is 0 Å². The summed E-state index contributed by atoms with van der Waals surface area (Å²) >= 11 is 0. The molecule has 2 aliphatic rings. The van der Waals surface area contributed by atoms with Gasteiger partial charge in [-0.1, -0.05) is 30.3 Å². The van der Waals surface area contributed by atoms with E-state index in [0.29, 0.717) is 5.84 Å². The molecule has 0 radical (unpaired) electrons. The van der Waals surface area contributed by atoms with Gasteiger partial charge in [0.25, 0.3) is 0 Å². The van der Waals surface area contributed by atoms with Gasteiger partial charge in [-0.05, 0) is 24.9 Å². The number of piperidine rings is 1. The van der Waals surface area contributed by atoms with Crippen LogP contribution in [-0.2, 0) is 6.54 Å². The molecule has 2 N–H and O–H groups in total. The summed E-state index contributed by atoms with van der Waals surface area (Å²) in [6, 6.07) is 10.2. The lowest BCUT2D eigenvalue weighted by Gasteiger charge is -2.43. The molecule has 106 valence electrons. The third-order valence-corrected chi connectivity index (χ3v) is 4.44. The minimum Gasteiger partial charge on any atom is -0.313 e. The Morgan fingerprint density at radius 2 is 2.10 bits per heavy atom. The summed E-state index contributed by atoms with van der Waals surface area (Å²) in [4.78, 5) is 15.8. The van der Waals surface area contributed by atoms with E-state index in [1.807, 2.05) is 18.2 Å². The third kappa shape index (κ3) is 2.08. The van der Waals surface area contributed by atoms with Gasteiger partial charge >= 0.3 is 6.03 Å². The van der Waals surface area contributed by atoms with Crippen LogP contribution in [0.1, 0.15) is 18.4 Å². The van der Waals surface area contributed by atoms with Crippen LogP contribution in [0.2, 0.25) is 0 Å². The quantitative estimate of drug-likeness (QED) is 0.860. The van der Waals surface area contributed by atoms with Crippen LogP contribution in [0.15, 0.2) is 30.3 Å². The van der Waals surface area contributed by atoms with E-state index < -0.39 is 5.54 Å². The first-order valence-corrected chi connectivity index (χ1v) is 7.02. The van der Waals surface area contributed by atoms with Crippen LogP contribution in [0.25, 0.3) is 0 Å². The minimum absolute atomic E-state index is 0.156. The molecule has 0 bridgehead atoms. The topological polar surface area (TPSA) is 59.4 Å². The number of benzene rings is 1. The van der Waals surface area contributed by atoms with Gasteiger partial charge in [0.2, 0.25) is 0 Å². The number of nitrogens with zero attached hydrogens (tertiary/aromatic N) is 2. The van der Waals surface area contributed by atoms with Crippen molar-refractivity contribution in [2.45, 2.75) is 24.9 Å². The van der Waals surface area contributed by atoms with Gasteiger partial charge < -0.3 is 4.90 Å². The molecule has 2 aliphatic heterocycles. The molecule has 1 atom stereocenters. The largest absolute Gasteiger partial charge is 0.323 e.